The molecule has 1 amide bonds. The number of imidazole rings is 1. The molecule has 5 heteroatoms. The summed E-state index contributed by atoms with van der Waals surface area (Å²) in [4.78, 5) is 20.0. The van der Waals surface area contributed by atoms with Crippen LogP contribution in [0.4, 0.5) is 0 Å². The molecule has 2 aromatic carbocycles. The van der Waals surface area contributed by atoms with Crippen LogP contribution in [0.25, 0.3) is 11.0 Å². The molecule has 0 spiro atoms. The number of likely N-dealkylation sites (tertiary alicyclic amines) is 1. The van der Waals surface area contributed by atoms with Gasteiger partial charge in [0.05, 0.1) is 17.6 Å². The second kappa shape index (κ2) is 8.74. The first kappa shape index (κ1) is 20.1. The van der Waals surface area contributed by atoms with Gasteiger partial charge in [-0.05, 0) is 44.0 Å². The first-order valence-electron chi connectivity index (χ1n) is 11.6. The van der Waals surface area contributed by atoms with Crippen molar-refractivity contribution in [2.45, 2.75) is 64.0 Å². The number of rotatable bonds is 6. The number of hydrogen-bond donors (Lipinski definition) is 0. The topological polar surface area (TPSA) is 47.4 Å². The number of carbonyl (C=O) groups is 1. The molecule has 2 aliphatic rings. The number of carbonyl (C=O) groups excluding carboxylic acids is 1. The zero-order valence-electron chi connectivity index (χ0n) is 18.3. The van der Waals surface area contributed by atoms with Gasteiger partial charge in [0.15, 0.2) is 0 Å². The van der Waals surface area contributed by atoms with Gasteiger partial charge >= 0.3 is 0 Å². The number of nitrogens with zero attached hydrogens (tertiary/aromatic N) is 3. The van der Waals surface area contributed by atoms with Crippen molar-refractivity contribution in [1.82, 2.24) is 14.5 Å². The van der Waals surface area contributed by atoms with Crippen LogP contribution in [0.5, 0.6) is 5.75 Å². The van der Waals surface area contributed by atoms with Gasteiger partial charge in [0.1, 0.15) is 18.2 Å². The van der Waals surface area contributed by atoms with E-state index in [-0.39, 0.29) is 5.92 Å². The fourth-order valence-corrected chi connectivity index (χ4v) is 5.18. The molecule has 1 saturated heterocycles. The number of para-hydroxylation sites is 2. The summed E-state index contributed by atoms with van der Waals surface area (Å²) in [5, 5.41) is 0. The summed E-state index contributed by atoms with van der Waals surface area (Å²) in [6, 6.07) is 16.8. The highest BCUT2D eigenvalue weighted by atomic mass is 16.5. The van der Waals surface area contributed by atoms with Crippen LogP contribution in [0.2, 0.25) is 0 Å². The number of ether oxygens (including phenoxy) is 1. The Labute approximate surface area is 184 Å². The van der Waals surface area contributed by atoms with Crippen molar-refractivity contribution >= 4 is 16.9 Å². The minimum Gasteiger partial charge on any atom is -0.492 e. The molecule has 0 bridgehead atoms. The Hall–Kier alpha value is -2.82. The number of benzene rings is 2. The number of aryl methyl sites for hydroxylation is 1. The van der Waals surface area contributed by atoms with Crippen LogP contribution in [-0.4, -0.2) is 39.6 Å². The molecule has 31 heavy (non-hydrogen) atoms. The highest BCUT2D eigenvalue weighted by Crippen LogP contribution is 2.34. The molecule has 1 unspecified atom stereocenters. The Morgan fingerprint density at radius 1 is 1.03 bits per heavy atom. The van der Waals surface area contributed by atoms with E-state index in [0.717, 1.165) is 48.5 Å². The second-order valence-electron chi connectivity index (χ2n) is 9.01. The Morgan fingerprint density at radius 2 is 1.81 bits per heavy atom. The zero-order valence-corrected chi connectivity index (χ0v) is 18.3. The third-order valence-electron chi connectivity index (χ3n) is 6.83. The molecule has 2 heterocycles. The summed E-state index contributed by atoms with van der Waals surface area (Å²) in [7, 11) is 0. The highest BCUT2D eigenvalue weighted by Gasteiger charge is 2.37. The normalized spacial score (nSPS) is 20.0. The summed E-state index contributed by atoms with van der Waals surface area (Å²) < 4.78 is 8.28. The predicted octanol–water partition coefficient (Wildman–Crippen LogP) is 5.07. The first-order chi connectivity index (χ1) is 15.2. The minimum absolute atomic E-state index is 0.154. The molecule has 1 atom stereocenters. The lowest BCUT2D eigenvalue weighted by Gasteiger charge is -2.31. The fraction of sp³-hybridized carbons (Fsp3) is 0.462. The van der Waals surface area contributed by atoms with Crippen LogP contribution >= 0.6 is 0 Å². The molecule has 1 aromatic heterocycles. The zero-order chi connectivity index (χ0) is 21.2. The van der Waals surface area contributed by atoms with Gasteiger partial charge < -0.3 is 14.2 Å². The van der Waals surface area contributed by atoms with Crippen LogP contribution < -0.4 is 4.74 Å². The number of aromatic nitrogens is 2. The van der Waals surface area contributed by atoms with Crippen molar-refractivity contribution in [3.05, 3.63) is 59.9 Å². The van der Waals surface area contributed by atoms with E-state index in [9.17, 15) is 4.79 Å². The highest BCUT2D eigenvalue weighted by molar-refractivity contribution is 5.81. The van der Waals surface area contributed by atoms with Gasteiger partial charge in [-0.15, -0.1) is 0 Å². The van der Waals surface area contributed by atoms with E-state index in [1.807, 2.05) is 18.2 Å². The van der Waals surface area contributed by atoms with Crippen LogP contribution in [0.1, 0.15) is 55.8 Å². The SMILES string of the molecule is Cc1ccc(OCCn2c(C3CC(=O)N(C4CCCCC4)C3)nc3ccccc32)cc1. The molecule has 1 aliphatic heterocycles. The molecule has 3 aromatic rings. The summed E-state index contributed by atoms with van der Waals surface area (Å²) >= 11 is 0. The lowest BCUT2D eigenvalue weighted by Crippen LogP contribution is -2.37. The van der Waals surface area contributed by atoms with Gasteiger partial charge in [0, 0.05) is 24.9 Å². The van der Waals surface area contributed by atoms with E-state index < -0.39 is 0 Å². The van der Waals surface area contributed by atoms with Crippen molar-refractivity contribution < 1.29 is 9.53 Å². The number of amides is 1. The van der Waals surface area contributed by atoms with Gasteiger partial charge in [-0.25, -0.2) is 4.98 Å². The third kappa shape index (κ3) is 4.18. The smallest absolute Gasteiger partial charge is 0.223 e. The average molecular weight is 418 g/mol. The van der Waals surface area contributed by atoms with Crippen LogP contribution in [0, 0.1) is 6.92 Å². The van der Waals surface area contributed by atoms with E-state index in [1.54, 1.807) is 0 Å². The van der Waals surface area contributed by atoms with Crippen LogP contribution in [0.3, 0.4) is 0 Å². The Balaban J connectivity index is 1.36. The lowest BCUT2D eigenvalue weighted by molar-refractivity contribution is -0.130. The molecule has 1 aliphatic carbocycles. The van der Waals surface area contributed by atoms with Gasteiger partial charge in [0.2, 0.25) is 5.91 Å². The number of fused-ring (bicyclic) bond motifs is 1. The molecule has 0 N–H and O–H groups in total. The van der Waals surface area contributed by atoms with Gasteiger partial charge in [0.25, 0.3) is 0 Å². The molecule has 2 fully saturated rings. The molecular weight excluding hydrogens is 386 g/mol. The Morgan fingerprint density at radius 3 is 2.61 bits per heavy atom. The third-order valence-corrected chi connectivity index (χ3v) is 6.83. The maximum atomic E-state index is 12.9. The monoisotopic (exact) mass is 417 g/mol. The van der Waals surface area contributed by atoms with Crippen molar-refractivity contribution in [3.8, 4) is 5.75 Å². The van der Waals surface area contributed by atoms with E-state index in [0.29, 0.717) is 25.0 Å². The first-order valence-corrected chi connectivity index (χ1v) is 11.6. The predicted molar refractivity (Wildman–Crippen MR) is 122 cm³/mol. The Bertz CT molecular complexity index is 1050. The van der Waals surface area contributed by atoms with Gasteiger partial charge in [-0.1, -0.05) is 49.1 Å². The Kier molecular flexibility index (Phi) is 5.66. The molecule has 1 saturated carbocycles. The van der Waals surface area contributed by atoms with Crippen molar-refractivity contribution in [1.29, 1.82) is 0 Å². The maximum absolute atomic E-state index is 12.9. The summed E-state index contributed by atoms with van der Waals surface area (Å²) in [6.45, 7) is 4.17. The van der Waals surface area contributed by atoms with Crippen LogP contribution in [-0.2, 0) is 11.3 Å². The van der Waals surface area contributed by atoms with E-state index >= 15 is 0 Å². The van der Waals surface area contributed by atoms with Crippen molar-refractivity contribution in [2.24, 2.45) is 0 Å². The summed E-state index contributed by atoms with van der Waals surface area (Å²) in [6.07, 6.45) is 6.66. The summed E-state index contributed by atoms with van der Waals surface area (Å²) in [5.74, 6) is 2.36. The van der Waals surface area contributed by atoms with E-state index in [4.69, 9.17) is 9.72 Å². The van der Waals surface area contributed by atoms with Crippen LogP contribution in [0.15, 0.2) is 48.5 Å². The second-order valence-corrected chi connectivity index (χ2v) is 9.01. The van der Waals surface area contributed by atoms with Crippen molar-refractivity contribution in [2.75, 3.05) is 13.2 Å². The molecule has 5 rings (SSSR count). The van der Waals surface area contributed by atoms with Crippen molar-refractivity contribution in [3.63, 3.8) is 0 Å². The number of hydrogen-bond acceptors (Lipinski definition) is 3. The standard InChI is InChI=1S/C26H31N3O2/c1-19-11-13-22(14-12-19)31-16-15-28-24-10-6-5-9-23(24)27-26(28)20-17-25(30)29(18-20)21-7-3-2-4-8-21/h5-6,9-14,20-21H,2-4,7-8,15-18H2,1H3. The molecular formula is C26H31N3O2. The maximum Gasteiger partial charge on any atom is 0.223 e. The summed E-state index contributed by atoms with van der Waals surface area (Å²) in [5.41, 5.74) is 3.34. The van der Waals surface area contributed by atoms with E-state index in [1.165, 1.54) is 24.8 Å². The van der Waals surface area contributed by atoms with Gasteiger partial charge in [-0.2, -0.15) is 0 Å². The molecule has 162 valence electrons. The molecule has 0 radical (unpaired) electrons. The van der Waals surface area contributed by atoms with E-state index in [2.05, 4.69) is 46.7 Å². The van der Waals surface area contributed by atoms with Gasteiger partial charge in [-0.3, -0.25) is 4.79 Å². The molecule has 5 nitrogen and oxygen atoms in total. The quantitative estimate of drug-likeness (QED) is 0.562. The lowest BCUT2D eigenvalue weighted by atomic mass is 9.94. The fourth-order valence-electron chi connectivity index (χ4n) is 5.18. The largest absolute Gasteiger partial charge is 0.492 e. The minimum atomic E-state index is 0.154. The average Bonchev–Trinajstić information content (AvgIpc) is 3.36.